The van der Waals surface area contributed by atoms with Crippen molar-refractivity contribution in [2.75, 3.05) is 13.2 Å². The molecule has 0 radical (unpaired) electrons. The van der Waals surface area contributed by atoms with Gasteiger partial charge >= 0.3 is 0 Å². The summed E-state index contributed by atoms with van der Waals surface area (Å²) in [7, 11) is 0. The number of amides is 1. The number of benzene rings is 1. The van der Waals surface area contributed by atoms with Crippen LogP contribution in [0.3, 0.4) is 0 Å². The first kappa shape index (κ1) is 21.7. The average molecular weight is 420 g/mol. The molecule has 2 fully saturated rings. The van der Waals surface area contributed by atoms with Gasteiger partial charge in [-0.15, -0.1) is 12.4 Å². The number of aliphatic hydroxyl groups is 1. The smallest absolute Gasteiger partial charge is 0.244 e. The molecule has 1 saturated carbocycles. The highest BCUT2D eigenvalue weighted by Crippen LogP contribution is 2.32. The molecule has 1 aromatic carbocycles. The number of aliphatic hydroxyl groups excluding tert-OH is 1. The number of hydrogen-bond donors (Lipinski definition) is 2. The van der Waals surface area contributed by atoms with E-state index in [1.54, 1.807) is 9.58 Å². The van der Waals surface area contributed by atoms with Crippen molar-refractivity contribution in [3.05, 3.63) is 47.5 Å². The highest BCUT2D eigenvalue weighted by atomic mass is 35.5. The Labute approximate surface area is 177 Å². The van der Waals surface area contributed by atoms with Crippen molar-refractivity contribution in [3.63, 3.8) is 0 Å². The molecule has 1 aliphatic carbocycles. The molecule has 7 nitrogen and oxygen atoms in total. The third-order valence-electron chi connectivity index (χ3n) is 5.74. The molecule has 3 N–H and O–H groups in total. The Bertz CT molecular complexity index is 809. The first-order valence-corrected chi connectivity index (χ1v) is 10.3. The molecular formula is C21H30ClN5O2. The minimum absolute atomic E-state index is 0. The second kappa shape index (κ2) is 9.69. The number of likely N-dealkylation sites (tertiary alicyclic amines) is 1. The van der Waals surface area contributed by atoms with Crippen molar-refractivity contribution >= 4 is 18.3 Å². The van der Waals surface area contributed by atoms with E-state index >= 15 is 0 Å². The molecule has 2 aliphatic rings. The number of carbonyl (C=O) groups excluding carboxylic acids is 1. The molecule has 2 aromatic rings. The molecular weight excluding hydrogens is 390 g/mol. The molecule has 2 atom stereocenters. The Kier molecular flexibility index (Phi) is 7.27. The van der Waals surface area contributed by atoms with Gasteiger partial charge in [-0.3, -0.25) is 4.79 Å². The fourth-order valence-corrected chi connectivity index (χ4v) is 3.99. The van der Waals surface area contributed by atoms with Gasteiger partial charge in [-0.2, -0.15) is 5.10 Å². The summed E-state index contributed by atoms with van der Waals surface area (Å²) in [5.74, 6) is 2.11. The second-order valence-corrected chi connectivity index (χ2v) is 8.05. The van der Waals surface area contributed by atoms with Crippen LogP contribution < -0.4 is 5.73 Å². The molecule has 29 heavy (non-hydrogen) atoms. The summed E-state index contributed by atoms with van der Waals surface area (Å²) in [6.45, 7) is 0.835. The summed E-state index contributed by atoms with van der Waals surface area (Å²) in [6, 6.07) is 9.68. The largest absolute Gasteiger partial charge is 0.394 e. The first-order chi connectivity index (χ1) is 13.6. The lowest BCUT2D eigenvalue weighted by molar-refractivity contribution is -0.133. The minimum Gasteiger partial charge on any atom is -0.394 e. The van der Waals surface area contributed by atoms with Gasteiger partial charge in [0.25, 0.3) is 0 Å². The van der Waals surface area contributed by atoms with Crippen LogP contribution in [-0.2, 0) is 24.2 Å². The van der Waals surface area contributed by atoms with E-state index in [-0.39, 0.29) is 43.5 Å². The van der Waals surface area contributed by atoms with E-state index in [0.717, 1.165) is 30.7 Å². The zero-order valence-electron chi connectivity index (χ0n) is 16.6. The molecule has 1 saturated heterocycles. The van der Waals surface area contributed by atoms with Gasteiger partial charge in [0, 0.05) is 13.0 Å². The van der Waals surface area contributed by atoms with Crippen LogP contribution in [0.2, 0.25) is 0 Å². The maximum atomic E-state index is 12.8. The van der Waals surface area contributed by atoms with Crippen LogP contribution in [0.5, 0.6) is 0 Å². The predicted molar refractivity (Wildman–Crippen MR) is 113 cm³/mol. The first-order valence-electron chi connectivity index (χ1n) is 10.3. The van der Waals surface area contributed by atoms with Gasteiger partial charge in [0.2, 0.25) is 5.91 Å². The molecule has 0 bridgehead atoms. The van der Waals surface area contributed by atoms with Crippen LogP contribution in [0, 0.1) is 5.92 Å². The Morgan fingerprint density at radius 1 is 1.24 bits per heavy atom. The minimum atomic E-state index is -0.317. The number of nitrogens with two attached hydrogens (primary N) is 1. The topological polar surface area (TPSA) is 97.3 Å². The number of hydrogen-bond acceptors (Lipinski definition) is 5. The summed E-state index contributed by atoms with van der Waals surface area (Å²) in [4.78, 5) is 19.3. The second-order valence-electron chi connectivity index (χ2n) is 8.05. The van der Waals surface area contributed by atoms with Crippen LogP contribution in [-0.4, -0.2) is 49.9 Å². The van der Waals surface area contributed by atoms with Crippen molar-refractivity contribution in [3.8, 4) is 0 Å². The Balaban J connectivity index is 0.00000240. The van der Waals surface area contributed by atoms with Gasteiger partial charge in [0.05, 0.1) is 18.7 Å². The highest BCUT2D eigenvalue weighted by Gasteiger charge is 2.30. The van der Waals surface area contributed by atoms with E-state index in [0.29, 0.717) is 24.7 Å². The molecule has 1 aromatic heterocycles. The summed E-state index contributed by atoms with van der Waals surface area (Å²) in [5, 5.41) is 14.2. The molecule has 2 heterocycles. The average Bonchev–Trinajstić information content (AvgIpc) is 3.22. The summed E-state index contributed by atoms with van der Waals surface area (Å²) in [6.07, 6.45) is 5.75. The lowest BCUT2D eigenvalue weighted by Gasteiger charge is -2.23. The number of nitrogens with zero attached hydrogens (tertiary/aromatic N) is 4. The monoisotopic (exact) mass is 419 g/mol. The quantitative estimate of drug-likeness (QED) is 0.680. The molecule has 1 aliphatic heterocycles. The number of carbonyl (C=O) groups is 1. The zero-order chi connectivity index (χ0) is 19.5. The van der Waals surface area contributed by atoms with E-state index in [1.807, 2.05) is 30.3 Å². The van der Waals surface area contributed by atoms with Crippen LogP contribution in [0.1, 0.15) is 48.9 Å². The standard InChI is InChI=1S/C21H29N5O2.ClH/c22-18(11-15-5-2-1-3-6-15)21-23-19(12-16-8-9-16)24-26(21)13-20(28)25-10-4-7-17(25)14-27;/h1-3,5-6,16-18,27H,4,7-14,22H2;1H/t17-,18+;/m0./s1. The zero-order valence-corrected chi connectivity index (χ0v) is 17.4. The lowest BCUT2D eigenvalue weighted by atomic mass is 10.1. The number of halogens is 1. The third kappa shape index (κ3) is 5.35. The SMILES string of the molecule is Cl.N[C@H](Cc1ccccc1)c1nc(CC2CC2)nn1CC(=O)N1CCC[C@H]1CO. The normalized spacial score (nSPS) is 19.8. The van der Waals surface area contributed by atoms with Gasteiger partial charge in [-0.1, -0.05) is 30.3 Å². The lowest BCUT2D eigenvalue weighted by Crippen LogP contribution is -2.40. The van der Waals surface area contributed by atoms with Crippen molar-refractivity contribution in [2.45, 2.75) is 57.2 Å². The number of rotatable bonds is 8. The van der Waals surface area contributed by atoms with Crippen LogP contribution >= 0.6 is 12.4 Å². The molecule has 0 unspecified atom stereocenters. The van der Waals surface area contributed by atoms with Crippen LogP contribution in [0.25, 0.3) is 0 Å². The van der Waals surface area contributed by atoms with Gasteiger partial charge in [0.15, 0.2) is 5.82 Å². The van der Waals surface area contributed by atoms with Gasteiger partial charge in [-0.25, -0.2) is 9.67 Å². The van der Waals surface area contributed by atoms with E-state index in [2.05, 4.69) is 5.10 Å². The molecule has 8 heteroatoms. The van der Waals surface area contributed by atoms with Crippen molar-refractivity contribution in [2.24, 2.45) is 11.7 Å². The van der Waals surface area contributed by atoms with Crippen LogP contribution in [0.4, 0.5) is 0 Å². The maximum Gasteiger partial charge on any atom is 0.244 e. The van der Waals surface area contributed by atoms with E-state index in [4.69, 9.17) is 10.7 Å². The molecule has 1 amide bonds. The Morgan fingerprint density at radius 3 is 2.69 bits per heavy atom. The van der Waals surface area contributed by atoms with Gasteiger partial charge < -0.3 is 15.7 Å². The Hall–Kier alpha value is -1.96. The van der Waals surface area contributed by atoms with E-state index < -0.39 is 0 Å². The molecule has 158 valence electrons. The van der Waals surface area contributed by atoms with Gasteiger partial charge in [0.1, 0.15) is 12.4 Å². The van der Waals surface area contributed by atoms with Crippen molar-refractivity contribution < 1.29 is 9.90 Å². The van der Waals surface area contributed by atoms with Crippen LogP contribution in [0.15, 0.2) is 30.3 Å². The van der Waals surface area contributed by atoms with E-state index in [1.165, 1.54) is 12.8 Å². The highest BCUT2D eigenvalue weighted by molar-refractivity contribution is 5.85. The van der Waals surface area contributed by atoms with Crippen molar-refractivity contribution in [1.29, 1.82) is 0 Å². The predicted octanol–water partition coefficient (Wildman–Crippen LogP) is 1.88. The maximum absolute atomic E-state index is 12.8. The van der Waals surface area contributed by atoms with Gasteiger partial charge in [-0.05, 0) is 43.6 Å². The van der Waals surface area contributed by atoms with E-state index in [9.17, 15) is 9.90 Å². The number of aromatic nitrogens is 3. The fourth-order valence-electron chi connectivity index (χ4n) is 3.99. The molecule has 0 spiro atoms. The van der Waals surface area contributed by atoms with Crippen molar-refractivity contribution in [1.82, 2.24) is 19.7 Å². The fraction of sp³-hybridized carbons (Fsp3) is 0.571. The molecule has 4 rings (SSSR count). The summed E-state index contributed by atoms with van der Waals surface area (Å²) >= 11 is 0. The third-order valence-corrected chi connectivity index (χ3v) is 5.74. The summed E-state index contributed by atoms with van der Waals surface area (Å²) < 4.78 is 1.69. The Morgan fingerprint density at radius 2 is 2.00 bits per heavy atom. The summed E-state index contributed by atoms with van der Waals surface area (Å²) in [5.41, 5.74) is 7.62.